The second kappa shape index (κ2) is 9.23. The Hall–Kier alpha value is -1.55. The molecule has 0 aliphatic carbocycles. The standard InChI is InChI=1S/C17H24O8/c18-9-12-14(21)15(22)16(23)17(25-12)24-11(8-13(19)20)7-6-10-4-2-1-3-5-10/h1-5,11-12,14-18,21-23H,6-9H2,(H,19,20)/t11-,12-,14-,15+,16-,17-/m1/s1. The first kappa shape index (κ1) is 19.8. The Morgan fingerprint density at radius 1 is 1.12 bits per heavy atom. The maximum atomic E-state index is 11.1. The Bertz CT molecular complexity index is 535. The topological polar surface area (TPSA) is 137 Å². The number of carbonyl (C=O) groups is 1. The molecule has 140 valence electrons. The van der Waals surface area contributed by atoms with E-state index in [0.717, 1.165) is 5.56 Å². The molecule has 8 heteroatoms. The predicted octanol–water partition coefficient (Wildman–Crippen LogP) is -0.721. The fourth-order valence-corrected chi connectivity index (χ4v) is 2.75. The van der Waals surface area contributed by atoms with E-state index in [-0.39, 0.29) is 6.42 Å². The van der Waals surface area contributed by atoms with Crippen LogP contribution >= 0.6 is 0 Å². The zero-order valence-electron chi connectivity index (χ0n) is 13.6. The fourth-order valence-electron chi connectivity index (χ4n) is 2.75. The van der Waals surface area contributed by atoms with Crippen LogP contribution in [0.15, 0.2) is 30.3 Å². The molecule has 8 nitrogen and oxygen atoms in total. The number of hydrogen-bond acceptors (Lipinski definition) is 7. The SMILES string of the molecule is O=C(O)C[C@@H](CCc1ccccc1)O[C@@H]1O[C@H](CO)[C@@H](O)[C@H](O)[C@H]1O. The van der Waals surface area contributed by atoms with Crippen molar-refractivity contribution in [1.29, 1.82) is 0 Å². The molecule has 0 saturated carbocycles. The van der Waals surface area contributed by atoms with E-state index in [9.17, 15) is 25.2 Å². The molecule has 6 atom stereocenters. The number of benzene rings is 1. The lowest BCUT2D eigenvalue weighted by Crippen LogP contribution is -2.59. The van der Waals surface area contributed by atoms with Gasteiger partial charge < -0.3 is 35.0 Å². The Morgan fingerprint density at radius 2 is 1.80 bits per heavy atom. The minimum atomic E-state index is -1.56. The largest absolute Gasteiger partial charge is 0.481 e. The highest BCUT2D eigenvalue weighted by atomic mass is 16.7. The maximum absolute atomic E-state index is 11.1. The molecular weight excluding hydrogens is 332 g/mol. The van der Waals surface area contributed by atoms with Crippen LogP contribution in [0.4, 0.5) is 0 Å². The van der Waals surface area contributed by atoms with Gasteiger partial charge in [0.25, 0.3) is 0 Å². The van der Waals surface area contributed by atoms with E-state index in [2.05, 4.69) is 0 Å². The number of ether oxygens (including phenoxy) is 2. The zero-order valence-corrected chi connectivity index (χ0v) is 13.6. The molecule has 0 aromatic heterocycles. The first-order valence-electron chi connectivity index (χ1n) is 8.14. The highest BCUT2D eigenvalue weighted by Gasteiger charge is 2.44. The first-order valence-corrected chi connectivity index (χ1v) is 8.14. The lowest BCUT2D eigenvalue weighted by Gasteiger charge is -2.40. The first-order chi connectivity index (χ1) is 11.9. The van der Waals surface area contributed by atoms with Crippen LogP contribution in [0.5, 0.6) is 0 Å². The summed E-state index contributed by atoms with van der Waals surface area (Å²) >= 11 is 0. The third-order valence-electron chi connectivity index (χ3n) is 4.18. The normalized spacial score (nSPS) is 30.8. The summed E-state index contributed by atoms with van der Waals surface area (Å²) in [5.41, 5.74) is 1.01. The minimum Gasteiger partial charge on any atom is -0.481 e. The number of aryl methyl sites for hydroxylation is 1. The molecule has 1 saturated heterocycles. The summed E-state index contributed by atoms with van der Waals surface area (Å²) in [5.74, 6) is -1.07. The molecule has 1 aromatic rings. The van der Waals surface area contributed by atoms with E-state index in [1.165, 1.54) is 0 Å². The fraction of sp³-hybridized carbons (Fsp3) is 0.588. The van der Waals surface area contributed by atoms with Gasteiger partial charge >= 0.3 is 5.97 Å². The summed E-state index contributed by atoms with van der Waals surface area (Å²) in [6, 6.07) is 9.44. The Labute approximate surface area is 145 Å². The molecule has 1 aromatic carbocycles. The quantitative estimate of drug-likeness (QED) is 0.412. The van der Waals surface area contributed by atoms with Crippen LogP contribution < -0.4 is 0 Å². The summed E-state index contributed by atoms with van der Waals surface area (Å²) in [6.07, 6.45) is -7.16. The van der Waals surface area contributed by atoms with Crippen LogP contribution in [-0.4, -0.2) is 74.9 Å². The molecule has 1 aliphatic rings. The predicted molar refractivity (Wildman–Crippen MR) is 85.7 cm³/mol. The van der Waals surface area contributed by atoms with Crippen molar-refractivity contribution in [1.82, 2.24) is 0 Å². The lowest BCUT2D eigenvalue weighted by atomic mass is 9.99. The summed E-state index contributed by atoms with van der Waals surface area (Å²) in [7, 11) is 0. The Balaban J connectivity index is 2.01. The van der Waals surface area contributed by atoms with E-state index in [0.29, 0.717) is 12.8 Å². The van der Waals surface area contributed by atoms with Gasteiger partial charge in [-0.15, -0.1) is 0 Å². The zero-order chi connectivity index (χ0) is 18.4. The van der Waals surface area contributed by atoms with Gasteiger partial charge in [0.1, 0.15) is 24.4 Å². The van der Waals surface area contributed by atoms with Crippen molar-refractivity contribution >= 4 is 5.97 Å². The average molecular weight is 356 g/mol. The van der Waals surface area contributed by atoms with Gasteiger partial charge in [-0.25, -0.2) is 0 Å². The van der Waals surface area contributed by atoms with E-state index in [4.69, 9.17) is 14.6 Å². The van der Waals surface area contributed by atoms with E-state index in [1.54, 1.807) is 0 Å². The van der Waals surface area contributed by atoms with Gasteiger partial charge in [-0.1, -0.05) is 30.3 Å². The van der Waals surface area contributed by atoms with Crippen LogP contribution in [0, 0.1) is 0 Å². The van der Waals surface area contributed by atoms with Crippen molar-refractivity contribution in [2.75, 3.05) is 6.61 Å². The number of hydrogen-bond donors (Lipinski definition) is 5. The molecule has 2 rings (SSSR count). The van der Waals surface area contributed by atoms with E-state index >= 15 is 0 Å². The molecule has 25 heavy (non-hydrogen) atoms. The van der Waals surface area contributed by atoms with E-state index in [1.807, 2.05) is 30.3 Å². The summed E-state index contributed by atoms with van der Waals surface area (Å²) in [5, 5.41) is 47.8. The second-order valence-electron chi connectivity index (χ2n) is 6.08. The van der Waals surface area contributed by atoms with Gasteiger partial charge in [-0.2, -0.15) is 0 Å². The highest BCUT2D eigenvalue weighted by Crippen LogP contribution is 2.24. The molecule has 0 spiro atoms. The van der Waals surface area contributed by atoms with Crippen molar-refractivity contribution in [3.8, 4) is 0 Å². The number of carboxylic acids is 1. The number of aliphatic hydroxyl groups excluding tert-OH is 4. The number of rotatable bonds is 8. The van der Waals surface area contributed by atoms with Crippen LogP contribution in [0.25, 0.3) is 0 Å². The molecule has 0 radical (unpaired) electrons. The van der Waals surface area contributed by atoms with Gasteiger partial charge in [-0.3, -0.25) is 4.79 Å². The van der Waals surface area contributed by atoms with Crippen LogP contribution in [0.2, 0.25) is 0 Å². The van der Waals surface area contributed by atoms with Crippen LogP contribution in [0.3, 0.4) is 0 Å². The third-order valence-corrected chi connectivity index (χ3v) is 4.18. The van der Waals surface area contributed by atoms with Crippen molar-refractivity contribution in [3.05, 3.63) is 35.9 Å². The lowest BCUT2D eigenvalue weighted by molar-refractivity contribution is -0.311. The molecule has 1 fully saturated rings. The van der Waals surface area contributed by atoms with Crippen molar-refractivity contribution in [2.24, 2.45) is 0 Å². The molecular formula is C17H24O8. The highest BCUT2D eigenvalue weighted by molar-refractivity contribution is 5.67. The molecule has 5 N–H and O–H groups in total. The smallest absolute Gasteiger partial charge is 0.305 e. The summed E-state index contributed by atoms with van der Waals surface area (Å²) in [6.45, 7) is -0.571. The number of aliphatic carboxylic acids is 1. The van der Waals surface area contributed by atoms with Gasteiger partial charge in [0.15, 0.2) is 6.29 Å². The number of carboxylic acid groups (broad SMARTS) is 1. The number of aliphatic hydroxyl groups is 4. The van der Waals surface area contributed by atoms with Gasteiger partial charge in [0.05, 0.1) is 19.1 Å². The third kappa shape index (κ3) is 5.46. The van der Waals surface area contributed by atoms with Gasteiger partial charge in [-0.05, 0) is 18.4 Å². The summed E-state index contributed by atoms with van der Waals surface area (Å²) in [4.78, 5) is 11.1. The average Bonchev–Trinajstić information content (AvgIpc) is 2.60. The van der Waals surface area contributed by atoms with Gasteiger partial charge in [0.2, 0.25) is 0 Å². The Kier molecular flexibility index (Phi) is 7.30. The van der Waals surface area contributed by atoms with Crippen LogP contribution in [-0.2, 0) is 20.7 Å². The maximum Gasteiger partial charge on any atom is 0.305 e. The minimum absolute atomic E-state index is 0.304. The molecule has 1 heterocycles. The second-order valence-corrected chi connectivity index (χ2v) is 6.08. The molecule has 1 aliphatic heterocycles. The molecule has 0 amide bonds. The monoisotopic (exact) mass is 356 g/mol. The summed E-state index contributed by atoms with van der Waals surface area (Å²) < 4.78 is 10.8. The molecule has 0 unspecified atom stereocenters. The van der Waals surface area contributed by atoms with E-state index < -0.39 is 49.4 Å². The van der Waals surface area contributed by atoms with Crippen LogP contribution in [0.1, 0.15) is 18.4 Å². The van der Waals surface area contributed by atoms with Gasteiger partial charge in [0, 0.05) is 0 Å². The van der Waals surface area contributed by atoms with Crippen molar-refractivity contribution < 1.29 is 39.8 Å². The van der Waals surface area contributed by atoms with Crippen molar-refractivity contribution in [2.45, 2.75) is 56.1 Å². The van der Waals surface area contributed by atoms with Crippen molar-refractivity contribution in [3.63, 3.8) is 0 Å². The Morgan fingerprint density at radius 3 is 2.40 bits per heavy atom. The molecule has 0 bridgehead atoms.